The summed E-state index contributed by atoms with van der Waals surface area (Å²) in [4.78, 5) is 24.8. The van der Waals surface area contributed by atoms with Crippen molar-refractivity contribution in [2.45, 2.75) is 65.0 Å². The fraction of sp³-hybridized carbons (Fsp3) is 0.444. The molecule has 1 amide bonds. The predicted octanol–water partition coefficient (Wildman–Crippen LogP) is 5.72. The highest BCUT2D eigenvalue weighted by Gasteiger charge is 2.16. The van der Waals surface area contributed by atoms with Gasteiger partial charge in [0.05, 0.1) is 12.2 Å². The highest BCUT2D eigenvalue weighted by atomic mass is 16.5. The van der Waals surface area contributed by atoms with E-state index in [2.05, 4.69) is 24.1 Å². The van der Waals surface area contributed by atoms with Crippen LogP contribution in [-0.4, -0.2) is 60.7 Å². The molecule has 0 bridgehead atoms. The lowest BCUT2D eigenvalue weighted by atomic mass is 10.1. The van der Waals surface area contributed by atoms with Crippen LogP contribution in [0.5, 0.6) is 11.5 Å². The van der Waals surface area contributed by atoms with E-state index < -0.39 is 17.9 Å². The van der Waals surface area contributed by atoms with Gasteiger partial charge in [0.2, 0.25) is 0 Å². The van der Waals surface area contributed by atoms with Crippen LogP contribution in [0.3, 0.4) is 0 Å². The number of carboxylic acids is 1. The molecule has 0 aliphatic heterocycles. The Balaban J connectivity index is 0.000000251. The van der Waals surface area contributed by atoms with Crippen molar-refractivity contribution in [3.05, 3.63) is 89.5 Å². The van der Waals surface area contributed by atoms with E-state index in [0.717, 1.165) is 55.2 Å². The van der Waals surface area contributed by atoms with E-state index >= 15 is 0 Å². The summed E-state index contributed by atoms with van der Waals surface area (Å²) in [5.41, 5.74) is 14.4. The van der Waals surface area contributed by atoms with E-state index in [4.69, 9.17) is 26.0 Å². The number of carboxylic acid groups (broad SMARTS) is 1. The molecule has 3 aromatic carbocycles. The molecule has 1 aliphatic rings. The van der Waals surface area contributed by atoms with Crippen LogP contribution in [0.15, 0.2) is 72.8 Å². The largest absolute Gasteiger partial charge is 0.494 e. The third-order valence-corrected chi connectivity index (χ3v) is 8.04. The maximum atomic E-state index is 11.8. The number of nitrogens with zero attached hydrogens (tertiary/aromatic N) is 1. The van der Waals surface area contributed by atoms with Gasteiger partial charge >= 0.3 is 5.97 Å². The first-order valence-electron chi connectivity index (χ1n) is 16.1. The number of benzene rings is 3. The zero-order valence-corrected chi connectivity index (χ0v) is 26.8. The van der Waals surface area contributed by atoms with Crippen LogP contribution in [0.2, 0.25) is 0 Å². The number of anilines is 1. The Morgan fingerprint density at radius 2 is 1.60 bits per heavy atom. The fourth-order valence-corrected chi connectivity index (χ4v) is 5.26. The maximum Gasteiger partial charge on any atom is 0.320 e. The van der Waals surface area contributed by atoms with E-state index in [0.29, 0.717) is 36.9 Å². The van der Waals surface area contributed by atoms with Crippen LogP contribution in [0.4, 0.5) is 5.69 Å². The topological polar surface area (TPSA) is 140 Å². The molecule has 1 fully saturated rings. The zero-order valence-electron chi connectivity index (χ0n) is 26.8. The first-order chi connectivity index (χ1) is 21.8. The molecular weight excluding hydrogens is 568 g/mol. The van der Waals surface area contributed by atoms with E-state index in [1.165, 1.54) is 25.7 Å². The Labute approximate surface area is 267 Å². The molecule has 0 heterocycles. The highest BCUT2D eigenvalue weighted by molar-refractivity contribution is 5.98. The molecule has 1 atom stereocenters. The quantitative estimate of drug-likeness (QED) is 0.141. The van der Waals surface area contributed by atoms with Crippen LogP contribution in [-0.2, 0) is 17.8 Å². The SMILES string of the molecule is CCN(CC)CCCOc1ccc(NCC2CCCC2)c(C(N)=O)c1.N[C@H](Cc1ccc(OCc2ccccc2)cc1)C(=O)O. The molecule has 1 aliphatic carbocycles. The van der Waals surface area contributed by atoms with Gasteiger partial charge in [0.1, 0.15) is 24.1 Å². The van der Waals surface area contributed by atoms with E-state index in [-0.39, 0.29) is 0 Å². The smallest absolute Gasteiger partial charge is 0.320 e. The lowest BCUT2D eigenvalue weighted by Crippen LogP contribution is -2.32. The van der Waals surface area contributed by atoms with Gasteiger partial charge in [-0.3, -0.25) is 9.59 Å². The minimum atomic E-state index is -0.991. The summed E-state index contributed by atoms with van der Waals surface area (Å²) in [6, 6.07) is 21.9. The first-order valence-corrected chi connectivity index (χ1v) is 16.1. The third-order valence-electron chi connectivity index (χ3n) is 8.04. The van der Waals surface area contributed by atoms with Crippen molar-refractivity contribution in [3.8, 4) is 11.5 Å². The van der Waals surface area contributed by atoms with Crippen LogP contribution in [0.1, 0.15) is 67.4 Å². The molecule has 0 spiro atoms. The van der Waals surface area contributed by atoms with Crippen molar-refractivity contribution >= 4 is 17.6 Å². The standard InChI is InChI=1S/C20H33N3O2.C16H17NO3/c1-3-23(4-2)12-7-13-25-17-10-11-19(18(14-17)20(21)24)22-15-16-8-5-6-9-16;17-15(16(18)19)10-12-6-8-14(9-7-12)20-11-13-4-2-1-3-5-13/h10-11,14,16,22H,3-9,12-13,15H2,1-2H3,(H2,21,24);1-9,15H,10-11,17H2,(H,18,19)/t;15-/m.1/s1. The number of nitrogens with two attached hydrogens (primary N) is 2. The summed E-state index contributed by atoms with van der Waals surface area (Å²) in [6.07, 6.45) is 6.45. The molecular formula is C36H50N4O5. The van der Waals surface area contributed by atoms with E-state index in [9.17, 15) is 9.59 Å². The molecule has 0 aromatic heterocycles. The summed E-state index contributed by atoms with van der Waals surface area (Å²) in [7, 11) is 0. The zero-order chi connectivity index (χ0) is 32.4. The van der Waals surface area contributed by atoms with Gasteiger partial charge in [-0.2, -0.15) is 0 Å². The van der Waals surface area contributed by atoms with Gasteiger partial charge in [-0.05, 0) is 86.1 Å². The van der Waals surface area contributed by atoms with Crippen molar-refractivity contribution in [2.24, 2.45) is 17.4 Å². The van der Waals surface area contributed by atoms with Gasteiger partial charge in [-0.1, -0.05) is 69.2 Å². The van der Waals surface area contributed by atoms with Gasteiger partial charge < -0.3 is 36.3 Å². The first kappa shape index (κ1) is 35.4. The molecule has 1 saturated carbocycles. The maximum absolute atomic E-state index is 11.8. The molecule has 244 valence electrons. The van der Waals surface area contributed by atoms with E-state index in [1.807, 2.05) is 66.7 Å². The summed E-state index contributed by atoms with van der Waals surface area (Å²) < 4.78 is 11.5. The Bertz CT molecular complexity index is 1290. The number of hydrogen-bond acceptors (Lipinski definition) is 7. The molecule has 9 nitrogen and oxygen atoms in total. The molecule has 0 saturated heterocycles. The molecule has 0 radical (unpaired) electrons. The summed E-state index contributed by atoms with van der Waals surface area (Å²) in [6.45, 7) is 9.54. The van der Waals surface area contributed by atoms with Crippen molar-refractivity contribution in [2.75, 3.05) is 38.1 Å². The average molecular weight is 619 g/mol. The molecule has 6 N–H and O–H groups in total. The number of nitrogens with one attached hydrogen (secondary N) is 1. The second kappa shape index (κ2) is 19.3. The average Bonchev–Trinajstić information content (AvgIpc) is 3.58. The second-order valence-electron chi connectivity index (χ2n) is 11.4. The molecule has 0 unspecified atom stereocenters. The third kappa shape index (κ3) is 12.8. The van der Waals surface area contributed by atoms with Crippen molar-refractivity contribution < 1.29 is 24.2 Å². The van der Waals surface area contributed by atoms with Crippen molar-refractivity contribution in [1.82, 2.24) is 4.90 Å². The summed E-state index contributed by atoms with van der Waals surface area (Å²) in [5, 5.41) is 12.2. The number of rotatable bonds is 17. The van der Waals surface area contributed by atoms with Gasteiger partial charge in [0.25, 0.3) is 5.91 Å². The number of aliphatic carboxylic acids is 1. The fourth-order valence-electron chi connectivity index (χ4n) is 5.26. The van der Waals surface area contributed by atoms with Crippen LogP contribution in [0.25, 0.3) is 0 Å². The predicted molar refractivity (Wildman–Crippen MR) is 180 cm³/mol. The number of carbonyl (C=O) groups excluding carboxylic acids is 1. The Morgan fingerprint density at radius 1 is 0.933 bits per heavy atom. The summed E-state index contributed by atoms with van der Waals surface area (Å²) >= 11 is 0. The van der Waals surface area contributed by atoms with Crippen LogP contribution >= 0.6 is 0 Å². The minimum absolute atomic E-state index is 0.314. The number of amides is 1. The molecule has 9 heteroatoms. The molecule has 45 heavy (non-hydrogen) atoms. The normalized spacial score (nSPS) is 13.5. The monoisotopic (exact) mass is 618 g/mol. The van der Waals surface area contributed by atoms with Gasteiger partial charge in [-0.15, -0.1) is 0 Å². The number of hydrogen-bond donors (Lipinski definition) is 4. The number of primary amides is 1. The van der Waals surface area contributed by atoms with Crippen LogP contribution < -0.4 is 26.3 Å². The number of ether oxygens (including phenoxy) is 2. The number of carbonyl (C=O) groups is 2. The second-order valence-corrected chi connectivity index (χ2v) is 11.4. The van der Waals surface area contributed by atoms with Gasteiger partial charge in [0.15, 0.2) is 0 Å². The van der Waals surface area contributed by atoms with Crippen LogP contribution in [0, 0.1) is 5.92 Å². The Kier molecular flexibility index (Phi) is 15.2. The van der Waals surface area contributed by atoms with Crippen molar-refractivity contribution in [3.63, 3.8) is 0 Å². The van der Waals surface area contributed by atoms with Crippen molar-refractivity contribution in [1.29, 1.82) is 0 Å². The van der Waals surface area contributed by atoms with Gasteiger partial charge in [-0.25, -0.2) is 0 Å². The lowest BCUT2D eigenvalue weighted by molar-refractivity contribution is -0.138. The van der Waals surface area contributed by atoms with E-state index in [1.54, 1.807) is 6.07 Å². The lowest BCUT2D eigenvalue weighted by Gasteiger charge is -2.18. The molecule has 3 aromatic rings. The minimum Gasteiger partial charge on any atom is -0.494 e. The Morgan fingerprint density at radius 3 is 2.22 bits per heavy atom. The van der Waals surface area contributed by atoms with Gasteiger partial charge in [0, 0.05) is 18.8 Å². The molecule has 4 rings (SSSR count). The Hall–Kier alpha value is -4.08. The summed E-state index contributed by atoms with van der Waals surface area (Å²) in [5.74, 6) is 0.759. The highest BCUT2D eigenvalue weighted by Crippen LogP contribution is 2.27.